The molecule has 1 aromatic heterocycles. The van der Waals surface area contributed by atoms with Gasteiger partial charge in [-0.3, -0.25) is 4.79 Å². The molecule has 0 saturated carbocycles. The SMILES string of the molecule is CS(=O)(=O)N[C@@H]1[C@@H]2Cc3cccc(c3)Oc3nc(ccc3Cl)OCC(=O)N2CC1(F)F. The number of nitrogens with one attached hydrogen (secondary N) is 1. The average Bonchev–Trinajstić information content (AvgIpc) is 2.91. The minimum absolute atomic E-state index is 0.0245. The Hall–Kier alpha value is -2.50. The molecular weight excluding hydrogens is 456 g/mol. The summed E-state index contributed by atoms with van der Waals surface area (Å²) in [4.78, 5) is 17.9. The Labute approximate surface area is 182 Å². The number of nitrogens with zero attached hydrogens (tertiary/aromatic N) is 2. The van der Waals surface area contributed by atoms with Gasteiger partial charge in [-0.05, 0) is 30.2 Å². The number of fused-ring (bicyclic) bond motifs is 5. The lowest BCUT2D eigenvalue weighted by Gasteiger charge is -2.28. The van der Waals surface area contributed by atoms with Crippen molar-refractivity contribution in [1.82, 2.24) is 14.6 Å². The number of aromatic nitrogens is 1. The highest BCUT2D eigenvalue weighted by Gasteiger charge is 2.56. The van der Waals surface area contributed by atoms with Crippen molar-refractivity contribution in [3.05, 3.63) is 47.0 Å². The van der Waals surface area contributed by atoms with E-state index in [4.69, 9.17) is 21.1 Å². The second kappa shape index (κ2) is 7.88. The summed E-state index contributed by atoms with van der Waals surface area (Å²) in [5.74, 6) is -3.76. The summed E-state index contributed by atoms with van der Waals surface area (Å²) in [7, 11) is -3.96. The Kier molecular flexibility index (Phi) is 5.52. The maximum Gasteiger partial charge on any atom is 0.283 e. The molecule has 3 heterocycles. The highest BCUT2D eigenvalue weighted by Crippen LogP contribution is 2.36. The number of sulfonamides is 1. The smallest absolute Gasteiger partial charge is 0.283 e. The van der Waals surface area contributed by atoms with Crippen molar-refractivity contribution in [3.8, 4) is 17.5 Å². The number of amides is 1. The van der Waals surface area contributed by atoms with Crippen molar-refractivity contribution in [2.75, 3.05) is 19.4 Å². The number of hydrogen-bond donors (Lipinski definition) is 1. The predicted molar refractivity (Wildman–Crippen MR) is 107 cm³/mol. The minimum atomic E-state index is -3.96. The fraction of sp³-hybridized carbons (Fsp3) is 0.368. The molecule has 1 amide bonds. The van der Waals surface area contributed by atoms with Crippen LogP contribution in [-0.4, -0.2) is 61.6 Å². The van der Waals surface area contributed by atoms with Crippen molar-refractivity contribution in [2.24, 2.45) is 0 Å². The monoisotopic (exact) mass is 473 g/mol. The minimum Gasteiger partial charge on any atom is -0.467 e. The van der Waals surface area contributed by atoms with Gasteiger partial charge in [-0.15, -0.1) is 0 Å². The van der Waals surface area contributed by atoms with Gasteiger partial charge >= 0.3 is 0 Å². The van der Waals surface area contributed by atoms with Gasteiger partial charge < -0.3 is 14.4 Å². The van der Waals surface area contributed by atoms with Gasteiger partial charge in [-0.2, -0.15) is 4.98 Å². The van der Waals surface area contributed by atoms with Gasteiger partial charge in [0.15, 0.2) is 6.61 Å². The molecule has 166 valence electrons. The second-order valence-corrected chi connectivity index (χ2v) is 9.58. The summed E-state index contributed by atoms with van der Waals surface area (Å²) in [6.07, 6.45) is 0.761. The first kappa shape index (κ1) is 21.7. The van der Waals surface area contributed by atoms with Crippen LogP contribution >= 0.6 is 11.6 Å². The van der Waals surface area contributed by atoms with Gasteiger partial charge in [0.25, 0.3) is 11.8 Å². The molecular formula is C19H18ClF2N3O5S. The molecule has 1 aromatic carbocycles. The van der Waals surface area contributed by atoms with E-state index in [9.17, 15) is 22.0 Å². The molecule has 1 fully saturated rings. The largest absolute Gasteiger partial charge is 0.467 e. The molecule has 0 spiro atoms. The molecule has 8 nitrogen and oxygen atoms in total. The fourth-order valence-electron chi connectivity index (χ4n) is 3.67. The van der Waals surface area contributed by atoms with E-state index in [1.54, 1.807) is 24.3 Å². The predicted octanol–water partition coefficient (Wildman–Crippen LogP) is 2.23. The van der Waals surface area contributed by atoms with Crippen LogP contribution in [0.2, 0.25) is 5.02 Å². The average molecular weight is 474 g/mol. The molecule has 2 aromatic rings. The van der Waals surface area contributed by atoms with Crippen molar-refractivity contribution >= 4 is 27.5 Å². The molecule has 1 saturated heterocycles. The lowest BCUT2D eigenvalue weighted by Crippen LogP contribution is -2.52. The highest BCUT2D eigenvalue weighted by atomic mass is 35.5. The van der Waals surface area contributed by atoms with Crippen molar-refractivity contribution in [3.63, 3.8) is 0 Å². The summed E-state index contributed by atoms with van der Waals surface area (Å²) >= 11 is 6.12. The molecule has 0 radical (unpaired) electrons. The van der Waals surface area contributed by atoms with Crippen molar-refractivity contribution < 1.29 is 31.5 Å². The lowest BCUT2D eigenvalue weighted by atomic mass is 9.99. The lowest BCUT2D eigenvalue weighted by molar-refractivity contribution is -0.135. The Balaban J connectivity index is 1.77. The Morgan fingerprint density at radius 1 is 1.29 bits per heavy atom. The standard InChI is InChI=1S/C19H18ClF2N3O5S/c1-31(27,28)24-17-14-8-11-3-2-4-12(7-11)30-18-13(20)5-6-15(23-18)29-9-16(26)25(14)10-19(17,21)22/h2-7,14,17,24H,8-10H2,1H3/t14-,17+/m0/s1. The first-order chi connectivity index (χ1) is 14.5. The van der Waals surface area contributed by atoms with Gasteiger partial charge in [-0.1, -0.05) is 23.7 Å². The Morgan fingerprint density at radius 3 is 2.81 bits per heavy atom. The van der Waals surface area contributed by atoms with E-state index >= 15 is 0 Å². The first-order valence-corrected chi connectivity index (χ1v) is 11.5. The zero-order valence-electron chi connectivity index (χ0n) is 16.2. The number of alkyl halides is 2. The van der Waals surface area contributed by atoms with Crippen LogP contribution in [0.5, 0.6) is 17.5 Å². The van der Waals surface area contributed by atoms with E-state index in [-0.39, 0.29) is 23.2 Å². The maximum atomic E-state index is 14.8. The third-order valence-electron chi connectivity index (χ3n) is 4.97. The topological polar surface area (TPSA) is 97.8 Å². The number of carbonyl (C=O) groups excluding carboxylic acids is 1. The molecule has 0 unspecified atom stereocenters. The van der Waals surface area contributed by atoms with Crippen LogP contribution in [0, 0.1) is 0 Å². The van der Waals surface area contributed by atoms with Gasteiger partial charge in [0, 0.05) is 6.07 Å². The number of halogens is 3. The normalized spacial score (nSPS) is 23.0. The Morgan fingerprint density at radius 2 is 2.06 bits per heavy atom. The van der Waals surface area contributed by atoms with E-state index in [1.807, 2.05) is 4.72 Å². The summed E-state index contributed by atoms with van der Waals surface area (Å²) < 4.78 is 66.2. The summed E-state index contributed by atoms with van der Waals surface area (Å²) in [5, 5.41) is 0.219. The van der Waals surface area contributed by atoms with Gasteiger partial charge in [0.2, 0.25) is 21.8 Å². The maximum absolute atomic E-state index is 14.8. The van der Waals surface area contributed by atoms with Crippen molar-refractivity contribution in [2.45, 2.75) is 24.4 Å². The summed E-state index contributed by atoms with van der Waals surface area (Å²) in [5.41, 5.74) is 0.561. The molecule has 1 N–H and O–H groups in total. The molecule has 4 bridgehead atoms. The van der Waals surface area contributed by atoms with Crippen LogP contribution in [-0.2, 0) is 21.2 Å². The van der Waals surface area contributed by atoms with E-state index in [0.717, 1.165) is 11.2 Å². The van der Waals surface area contributed by atoms with Crippen LogP contribution in [0.3, 0.4) is 0 Å². The molecule has 12 heteroatoms. The van der Waals surface area contributed by atoms with Crippen LogP contribution in [0.1, 0.15) is 5.56 Å². The third kappa shape index (κ3) is 4.73. The summed E-state index contributed by atoms with van der Waals surface area (Å²) in [6, 6.07) is 6.51. The van der Waals surface area contributed by atoms with Gasteiger partial charge in [0.1, 0.15) is 16.8 Å². The van der Waals surface area contributed by atoms with Gasteiger partial charge in [0.05, 0.1) is 18.8 Å². The Bertz CT molecular complexity index is 1130. The highest BCUT2D eigenvalue weighted by molar-refractivity contribution is 7.88. The first-order valence-electron chi connectivity index (χ1n) is 9.22. The zero-order valence-corrected chi connectivity index (χ0v) is 17.8. The molecule has 4 rings (SSSR count). The van der Waals surface area contributed by atoms with E-state index < -0.39 is 47.1 Å². The molecule has 2 aliphatic heterocycles. The van der Waals surface area contributed by atoms with Crippen LogP contribution in [0.25, 0.3) is 0 Å². The number of pyridine rings is 1. The van der Waals surface area contributed by atoms with Crippen molar-refractivity contribution in [1.29, 1.82) is 0 Å². The molecule has 31 heavy (non-hydrogen) atoms. The number of rotatable bonds is 2. The molecule has 0 aliphatic carbocycles. The quantitative estimate of drug-likeness (QED) is 0.718. The summed E-state index contributed by atoms with van der Waals surface area (Å²) in [6.45, 7) is -1.51. The zero-order chi connectivity index (χ0) is 22.4. The van der Waals surface area contributed by atoms with Gasteiger partial charge in [-0.25, -0.2) is 21.9 Å². The van der Waals surface area contributed by atoms with E-state index in [1.165, 1.54) is 12.1 Å². The van der Waals surface area contributed by atoms with E-state index in [2.05, 4.69) is 4.98 Å². The fourth-order valence-corrected chi connectivity index (χ4v) is 4.60. The van der Waals surface area contributed by atoms with Crippen LogP contribution in [0.4, 0.5) is 8.78 Å². The van der Waals surface area contributed by atoms with Crippen LogP contribution < -0.4 is 14.2 Å². The van der Waals surface area contributed by atoms with Crippen LogP contribution in [0.15, 0.2) is 36.4 Å². The van der Waals surface area contributed by atoms with E-state index in [0.29, 0.717) is 11.3 Å². The third-order valence-corrected chi connectivity index (χ3v) is 5.94. The number of benzene rings is 1. The molecule has 2 aliphatic rings. The molecule has 2 atom stereocenters. The second-order valence-electron chi connectivity index (χ2n) is 7.40. The number of carbonyl (C=O) groups is 1. The number of hydrogen-bond acceptors (Lipinski definition) is 6. The number of ether oxygens (including phenoxy) is 2.